The maximum atomic E-state index is 12.9. The number of hydrogen-bond donors (Lipinski definition) is 2. The Morgan fingerprint density at radius 2 is 0.982 bits per heavy atom. The molecular weight excluding hydrogens is 719 g/mol. The summed E-state index contributed by atoms with van der Waals surface area (Å²) >= 11 is 0. The molecule has 3 atom stereocenters. The molecule has 0 heterocycles. The molecule has 9 heteroatoms. The number of nitrogens with one attached hydrogen (secondary N) is 1. The smallest absolute Gasteiger partial charge is 0.268 e. The Kier molecular flexibility index (Phi) is 38.7. The van der Waals surface area contributed by atoms with E-state index in [0.29, 0.717) is 23.9 Å². The molecule has 0 spiro atoms. The number of quaternary nitrogens is 1. The van der Waals surface area contributed by atoms with Gasteiger partial charge in [-0.15, -0.1) is 0 Å². The summed E-state index contributed by atoms with van der Waals surface area (Å²) < 4.78 is 23.3. The van der Waals surface area contributed by atoms with Crippen LogP contribution in [0.4, 0.5) is 0 Å². The zero-order valence-corrected chi connectivity index (χ0v) is 38.5. The highest BCUT2D eigenvalue weighted by Crippen LogP contribution is 2.38. The van der Waals surface area contributed by atoms with Crippen molar-refractivity contribution in [3.8, 4) is 0 Å². The van der Waals surface area contributed by atoms with E-state index < -0.39 is 20.0 Å². The number of hydrogen-bond acceptors (Lipinski definition) is 6. The average Bonchev–Trinajstić information content (AvgIpc) is 3.15. The zero-order chi connectivity index (χ0) is 41.4. The number of aliphatic hydroxyl groups is 1. The van der Waals surface area contributed by atoms with Crippen LogP contribution >= 0.6 is 7.82 Å². The Hall–Kier alpha value is -1.02. The Bertz CT molecular complexity index is 969. The van der Waals surface area contributed by atoms with Crippen molar-refractivity contribution in [3.63, 3.8) is 0 Å². The number of carbonyl (C=O) groups is 1. The van der Waals surface area contributed by atoms with Crippen molar-refractivity contribution in [2.75, 3.05) is 40.9 Å². The highest BCUT2D eigenvalue weighted by molar-refractivity contribution is 7.45. The zero-order valence-electron chi connectivity index (χ0n) is 37.6. The standard InChI is InChI=1S/C47H93N2O6P/c1-6-8-10-12-14-16-18-20-21-22-23-24-25-26-27-29-31-33-35-37-39-41-47(51)48-45(44-55-56(52,53)54-43-42-49(3,4)5)46(50)40-38-36-34-32-30-28-19-17-15-13-11-9-7-2/h20-21,30,32,45-46,50H,6-19,22-29,31,33-44H2,1-5H3,(H-,48,51,52,53)/b21-20+,32-30+/t45-,46+/m0/s1. The van der Waals surface area contributed by atoms with Gasteiger partial charge in [0.25, 0.3) is 7.82 Å². The van der Waals surface area contributed by atoms with Crippen LogP contribution in [0.1, 0.15) is 219 Å². The summed E-state index contributed by atoms with van der Waals surface area (Å²) in [5.74, 6) is -0.175. The molecule has 1 unspecified atom stereocenters. The molecule has 332 valence electrons. The lowest BCUT2D eigenvalue weighted by Gasteiger charge is -2.30. The predicted molar refractivity (Wildman–Crippen MR) is 238 cm³/mol. The molecule has 8 nitrogen and oxygen atoms in total. The summed E-state index contributed by atoms with van der Waals surface area (Å²) in [6.07, 6.45) is 46.2. The SMILES string of the molecule is CCCCCCCC/C=C/CCCCCCCCCCCCCC(=O)N[C@@H](COP(=O)([O-])OCC[N+](C)(C)C)[C@H](O)CCCC/C=C/CCCCCCCCC. The molecule has 0 aromatic heterocycles. The third-order valence-electron chi connectivity index (χ3n) is 10.7. The van der Waals surface area contributed by atoms with Gasteiger partial charge in [0, 0.05) is 6.42 Å². The molecule has 0 aliphatic rings. The number of nitrogens with zero attached hydrogens (tertiary/aromatic N) is 1. The number of allylic oxidation sites excluding steroid dienone is 4. The van der Waals surface area contributed by atoms with E-state index in [2.05, 4.69) is 43.5 Å². The van der Waals surface area contributed by atoms with Crippen molar-refractivity contribution in [2.24, 2.45) is 0 Å². The van der Waals surface area contributed by atoms with Gasteiger partial charge in [0.1, 0.15) is 13.2 Å². The number of likely N-dealkylation sites (N-methyl/N-ethyl adjacent to an activating group) is 1. The average molecular weight is 813 g/mol. The number of phosphoric acid groups is 1. The number of carbonyl (C=O) groups excluding carboxylic acids is 1. The molecule has 0 fully saturated rings. The van der Waals surface area contributed by atoms with E-state index >= 15 is 0 Å². The monoisotopic (exact) mass is 813 g/mol. The lowest BCUT2D eigenvalue weighted by Crippen LogP contribution is -2.46. The van der Waals surface area contributed by atoms with E-state index in [1.807, 2.05) is 21.1 Å². The van der Waals surface area contributed by atoms with Gasteiger partial charge in [-0.1, -0.05) is 173 Å². The second-order valence-electron chi connectivity index (χ2n) is 17.5. The third kappa shape index (κ3) is 41.2. The molecule has 2 N–H and O–H groups in total. The van der Waals surface area contributed by atoms with Crippen LogP contribution in [0.15, 0.2) is 24.3 Å². The van der Waals surface area contributed by atoms with E-state index in [4.69, 9.17) is 9.05 Å². The normalized spacial score (nSPS) is 14.5. The number of unbranched alkanes of at least 4 members (excludes halogenated alkanes) is 26. The third-order valence-corrected chi connectivity index (χ3v) is 11.6. The van der Waals surface area contributed by atoms with E-state index in [-0.39, 0.29) is 19.1 Å². The van der Waals surface area contributed by atoms with Crippen LogP contribution in [0.2, 0.25) is 0 Å². The summed E-state index contributed by atoms with van der Waals surface area (Å²) in [4.78, 5) is 25.3. The molecule has 0 radical (unpaired) electrons. The van der Waals surface area contributed by atoms with Crippen molar-refractivity contribution >= 4 is 13.7 Å². The Morgan fingerprint density at radius 1 is 0.607 bits per heavy atom. The quantitative estimate of drug-likeness (QED) is 0.0275. The van der Waals surface area contributed by atoms with E-state index in [1.165, 1.54) is 148 Å². The second kappa shape index (κ2) is 39.4. The Labute approximate surface area is 347 Å². The van der Waals surface area contributed by atoms with E-state index in [9.17, 15) is 19.4 Å². The van der Waals surface area contributed by atoms with Crippen LogP contribution in [-0.4, -0.2) is 68.5 Å². The van der Waals surface area contributed by atoms with Crippen molar-refractivity contribution in [2.45, 2.75) is 231 Å². The summed E-state index contributed by atoms with van der Waals surface area (Å²) in [7, 11) is 1.29. The van der Waals surface area contributed by atoms with Crippen molar-refractivity contribution in [1.82, 2.24) is 5.32 Å². The lowest BCUT2D eigenvalue weighted by molar-refractivity contribution is -0.870. The molecule has 0 aliphatic carbocycles. The minimum atomic E-state index is -4.57. The molecule has 0 bridgehead atoms. The minimum absolute atomic E-state index is 0.00775. The maximum Gasteiger partial charge on any atom is 0.268 e. The van der Waals surface area contributed by atoms with Crippen molar-refractivity contribution in [1.29, 1.82) is 0 Å². The molecule has 0 aromatic rings. The topological polar surface area (TPSA) is 108 Å². The van der Waals surface area contributed by atoms with Crippen LogP contribution in [0.5, 0.6) is 0 Å². The highest BCUT2D eigenvalue weighted by Gasteiger charge is 2.24. The van der Waals surface area contributed by atoms with Gasteiger partial charge in [-0.2, -0.15) is 0 Å². The van der Waals surface area contributed by atoms with Gasteiger partial charge in [0.15, 0.2) is 0 Å². The predicted octanol–water partition coefficient (Wildman–Crippen LogP) is 12.7. The fraction of sp³-hybridized carbons (Fsp3) is 0.894. The number of phosphoric ester groups is 1. The minimum Gasteiger partial charge on any atom is -0.756 e. The molecule has 0 aromatic carbocycles. The van der Waals surface area contributed by atoms with Gasteiger partial charge in [-0.25, -0.2) is 0 Å². The van der Waals surface area contributed by atoms with Crippen molar-refractivity contribution < 1.29 is 32.9 Å². The fourth-order valence-electron chi connectivity index (χ4n) is 6.85. The molecule has 0 saturated heterocycles. The number of aliphatic hydroxyl groups excluding tert-OH is 1. The van der Waals surface area contributed by atoms with Gasteiger partial charge in [0.2, 0.25) is 5.91 Å². The van der Waals surface area contributed by atoms with Crippen LogP contribution in [0.3, 0.4) is 0 Å². The molecular formula is C47H93N2O6P. The Morgan fingerprint density at radius 3 is 1.39 bits per heavy atom. The van der Waals surface area contributed by atoms with Gasteiger partial charge in [-0.3, -0.25) is 9.36 Å². The first-order valence-electron chi connectivity index (χ1n) is 23.7. The van der Waals surface area contributed by atoms with Crippen LogP contribution in [0, 0.1) is 0 Å². The van der Waals surface area contributed by atoms with Gasteiger partial charge < -0.3 is 28.8 Å². The van der Waals surface area contributed by atoms with Gasteiger partial charge in [0.05, 0.1) is 39.9 Å². The van der Waals surface area contributed by atoms with Crippen LogP contribution in [-0.2, 0) is 18.4 Å². The second-order valence-corrected chi connectivity index (χ2v) is 18.9. The molecule has 0 rings (SSSR count). The summed E-state index contributed by atoms with van der Waals surface area (Å²) in [6, 6.07) is -0.814. The first kappa shape index (κ1) is 55.0. The van der Waals surface area contributed by atoms with Crippen LogP contribution in [0.25, 0.3) is 0 Å². The summed E-state index contributed by atoms with van der Waals surface area (Å²) in [5.41, 5.74) is 0. The first-order valence-corrected chi connectivity index (χ1v) is 25.1. The number of amides is 1. The number of rotatable bonds is 43. The summed E-state index contributed by atoms with van der Waals surface area (Å²) in [5, 5.41) is 13.9. The first-order chi connectivity index (χ1) is 27.0. The largest absolute Gasteiger partial charge is 0.756 e. The van der Waals surface area contributed by atoms with Gasteiger partial charge >= 0.3 is 0 Å². The Balaban J connectivity index is 4.28. The van der Waals surface area contributed by atoms with Crippen LogP contribution < -0.4 is 10.2 Å². The fourth-order valence-corrected chi connectivity index (χ4v) is 7.58. The van der Waals surface area contributed by atoms with E-state index in [0.717, 1.165) is 44.9 Å². The van der Waals surface area contributed by atoms with E-state index in [1.54, 1.807) is 0 Å². The molecule has 0 aliphatic heterocycles. The maximum absolute atomic E-state index is 12.9. The highest BCUT2D eigenvalue weighted by atomic mass is 31.2. The van der Waals surface area contributed by atoms with Crippen molar-refractivity contribution in [3.05, 3.63) is 24.3 Å². The molecule has 0 saturated carbocycles. The summed E-state index contributed by atoms with van der Waals surface area (Å²) in [6.45, 7) is 4.69. The lowest BCUT2D eigenvalue weighted by atomic mass is 10.0. The molecule has 56 heavy (non-hydrogen) atoms. The van der Waals surface area contributed by atoms with Gasteiger partial charge in [-0.05, 0) is 64.2 Å². The molecule has 1 amide bonds.